The molecule has 2 unspecified atom stereocenters. The lowest BCUT2D eigenvalue weighted by Gasteiger charge is -2.26. The fourth-order valence-electron chi connectivity index (χ4n) is 2.32. The smallest absolute Gasteiger partial charge is 0.316 e. The molecule has 1 aromatic carbocycles. The predicted molar refractivity (Wildman–Crippen MR) is 67.6 cm³/mol. The second kappa shape index (κ2) is 6.23. The molecule has 0 spiro atoms. The van der Waals surface area contributed by atoms with E-state index in [1.165, 1.54) is 6.07 Å². The van der Waals surface area contributed by atoms with Crippen molar-refractivity contribution in [3.05, 3.63) is 35.4 Å². The standard InChI is InChI=1S/C14H20F3N/c1-4-7-13(18-3)10(2)11-8-5-6-9-12(11)14(15,16)17/h5-6,8-10,13,18H,4,7H2,1-3H3. The van der Waals surface area contributed by atoms with Crippen molar-refractivity contribution in [1.29, 1.82) is 0 Å². The van der Waals surface area contributed by atoms with Crippen LogP contribution in [0, 0.1) is 0 Å². The summed E-state index contributed by atoms with van der Waals surface area (Å²) in [6.07, 6.45) is -2.47. The Labute approximate surface area is 106 Å². The van der Waals surface area contributed by atoms with Gasteiger partial charge < -0.3 is 5.32 Å². The number of likely N-dealkylation sites (N-methyl/N-ethyl adjacent to an activating group) is 1. The summed E-state index contributed by atoms with van der Waals surface area (Å²) in [6.45, 7) is 3.88. The number of alkyl halides is 3. The first kappa shape index (κ1) is 15.0. The monoisotopic (exact) mass is 259 g/mol. The molecule has 18 heavy (non-hydrogen) atoms. The highest BCUT2D eigenvalue weighted by molar-refractivity contribution is 5.33. The van der Waals surface area contributed by atoms with Crippen molar-refractivity contribution in [2.75, 3.05) is 7.05 Å². The Balaban J connectivity index is 3.08. The van der Waals surface area contributed by atoms with Gasteiger partial charge >= 0.3 is 6.18 Å². The average Bonchev–Trinajstić information content (AvgIpc) is 2.34. The van der Waals surface area contributed by atoms with Gasteiger partial charge in [-0.05, 0) is 31.0 Å². The molecule has 2 atom stereocenters. The number of hydrogen-bond donors (Lipinski definition) is 1. The molecule has 4 heteroatoms. The highest BCUT2D eigenvalue weighted by Gasteiger charge is 2.35. The van der Waals surface area contributed by atoms with Gasteiger partial charge in [0.1, 0.15) is 0 Å². The first-order chi connectivity index (χ1) is 8.41. The van der Waals surface area contributed by atoms with Gasteiger partial charge in [0.2, 0.25) is 0 Å². The molecule has 0 saturated heterocycles. The molecule has 1 N–H and O–H groups in total. The third-order valence-electron chi connectivity index (χ3n) is 3.33. The van der Waals surface area contributed by atoms with Crippen molar-refractivity contribution in [2.24, 2.45) is 0 Å². The number of benzene rings is 1. The Bertz CT molecular complexity index is 374. The third-order valence-corrected chi connectivity index (χ3v) is 3.33. The number of hydrogen-bond acceptors (Lipinski definition) is 1. The Morgan fingerprint density at radius 1 is 1.22 bits per heavy atom. The minimum Gasteiger partial charge on any atom is -0.316 e. The van der Waals surface area contributed by atoms with Crippen molar-refractivity contribution in [2.45, 2.75) is 44.8 Å². The van der Waals surface area contributed by atoms with Crippen molar-refractivity contribution >= 4 is 0 Å². The summed E-state index contributed by atoms with van der Waals surface area (Å²) in [5.41, 5.74) is -0.147. The van der Waals surface area contributed by atoms with Gasteiger partial charge in [-0.2, -0.15) is 13.2 Å². The molecular weight excluding hydrogens is 239 g/mol. The van der Waals surface area contributed by atoms with Crippen LogP contribution in [0.2, 0.25) is 0 Å². The fraction of sp³-hybridized carbons (Fsp3) is 0.571. The second-order valence-corrected chi connectivity index (χ2v) is 4.56. The maximum Gasteiger partial charge on any atom is 0.416 e. The largest absolute Gasteiger partial charge is 0.416 e. The molecule has 102 valence electrons. The maximum absolute atomic E-state index is 12.9. The van der Waals surface area contributed by atoms with Gasteiger partial charge in [-0.15, -0.1) is 0 Å². The molecule has 0 fully saturated rings. The molecule has 0 heterocycles. The number of halogens is 3. The van der Waals surface area contributed by atoms with E-state index in [1.807, 2.05) is 13.8 Å². The summed E-state index contributed by atoms with van der Waals surface area (Å²) in [6, 6.07) is 5.91. The van der Waals surface area contributed by atoms with Gasteiger partial charge in [-0.3, -0.25) is 0 Å². The summed E-state index contributed by atoms with van der Waals surface area (Å²) in [5.74, 6) is -0.159. The first-order valence-corrected chi connectivity index (χ1v) is 6.25. The fourth-order valence-corrected chi connectivity index (χ4v) is 2.32. The molecule has 0 bridgehead atoms. The van der Waals surface area contributed by atoms with Crippen molar-refractivity contribution < 1.29 is 13.2 Å². The minimum atomic E-state index is -4.28. The third kappa shape index (κ3) is 3.48. The van der Waals surface area contributed by atoms with Crippen LogP contribution < -0.4 is 5.32 Å². The van der Waals surface area contributed by atoms with Crippen LogP contribution in [0.5, 0.6) is 0 Å². The average molecular weight is 259 g/mol. The van der Waals surface area contributed by atoms with E-state index < -0.39 is 11.7 Å². The summed E-state index contributed by atoms with van der Waals surface area (Å²) < 4.78 is 38.8. The molecule has 0 aliphatic carbocycles. The Morgan fingerprint density at radius 3 is 2.33 bits per heavy atom. The van der Waals surface area contributed by atoms with E-state index in [-0.39, 0.29) is 12.0 Å². The van der Waals surface area contributed by atoms with E-state index in [0.29, 0.717) is 5.56 Å². The molecule has 1 aromatic rings. The Morgan fingerprint density at radius 2 is 1.83 bits per heavy atom. The van der Waals surface area contributed by atoms with Crippen LogP contribution in [-0.4, -0.2) is 13.1 Å². The van der Waals surface area contributed by atoms with Gasteiger partial charge in [0.05, 0.1) is 5.56 Å². The van der Waals surface area contributed by atoms with Crippen molar-refractivity contribution in [1.82, 2.24) is 5.32 Å². The van der Waals surface area contributed by atoms with Crippen LogP contribution in [0.1, 0.15) is 43.7 Å². The zero-order valence-corrected chi connectivity index (χ0v) is 11.0. The highest BCUT2D eigenvalue weighted by Crippen LogP contribution is 2.36. The van der Waals surface area contributed by atoms with Crippen molar-refractivity contribution in [3.8, 4) is 0 Å². The number of nitrogens with one attached hydrogen (secondary N) is 1. The lowest BCUT2D eigenvalue weighted by atomic mass is 9.87. The van der Waals surface area contributed by atoms with Gasteiger partial charge in [0.15, 0.2) is 0 Å². The quantitative estimate of drug-likeness (QED) is 0.835. The van der Waals surface area contributed by atoms with Gasteiger partial charge in [0.25, 0.3) is 0 Å². The summed E-state index contributed by atoms with van der Waals surface area (Å²) in [4.78, 5) is 0. The van der Waals surface area contributed by atoms with Crippen LogP contribution in [-0.2, 0) is 6.18 Å². The van der Waals surface area contributed by atoms with Crippen LogP contribution in [0.3, 0.4) is 0 Å². The van der Waals surface area contributed by atoms with E-state index in [1.54, 1.807) is 19.2 Å². The minimum absolute atomic E-state index is 0.0681. The highest BCUT2D eigenvalue weighted by atomic mass is 19.4. The zero-order valence-electron chi connectivity index (χ0n) is 11.0. The Hall–Kier alpha value is -1.03. The van der Waals surface area contributed by atoms with E-state index in [4.69, 9.17) is 0 Å². The van der Waals surface area contributed by atoms with Crippen LogP contribution in [0.15, 0.2) is 24.3 Å². The van der Waals surface area contributed by atoms with E-state index >= 15 is 0 Å². The molecule has 1 nitrogen and oxygen atoms in total. The van der Waals surface area contributed by atoms with Crippen molar-refractivity contribution in [3.63, 3.8) is 0 Å². The van der Waals surface area contributed by atoms with Gasteiger partial charge in [0, 0.05) is 6.04 Å². The summed E-state index contributed by atoms with van der Waals surface area (Å²) >= 11 is 0. The summed E-state index contributed by atoms with van der Waals surface area (Å²) in [5, 5.41) is 3.11. The van der Waals surface area contributed by atoms with E-state index in [0.717, 1.165) is 18.9 Å². The van der Waals surface area contributed by atoms with Gasteiger partial charge in [-0.1, -0.05) is 38.5 Å². The van der Waals surface area contributed by atoms with Crippen LogP contribution >= 0.6 is 0 Å². The Kier molecular flexibility index (Phi) is 5.20. The topological polar surface area (TPSA) is 12.0 Å². The molecule has 0 aliphatic rings. The van der Waals surface area contributed by atoms with Gasteiger partial charge in [-0.25, -0.2) is 0 Å². The molecule has 0 aromatic heterocycles. The van der Waals surface area contributed by atoms with E-state index in [2.05, 4.69) is 5.32 Å². The molecule has 0 aliphatic heterocycles. The van der Waals surface area contributed by atoms with Crippen LogP contribution in [0.25, 0.3) is 0 Å². The molecule has 0 amide bonds. The predicted octanol–water partition coefficient (Wildman–Crippen LogP) is 4.20. The summed E-state index contributed by atoms with van der Waals surface area (Å²) in [7, 11) is 1.80. The molecule has 0 saturated carbocycles. The molecule has 0 radical (unpaired) electrons. The number of rotatable bonds is 5. The maximum atomic E-state index is 12.9. The first-order valence-electron chi connectivity index (χ1n) is 6.25. The lowest BCUT2D eigenvalue weighted by Crippen LogP contribution is -2.31. The molecule has 1 rings (SSSR count). The second-order valence-electron chi connectivity index (χ2n) is 4.56. The lowest BCUT2D eigenvalue weighted by molar-refractivity contribution is -0.138. The zero-order chi connectivity index (χ0) is 13.8. The molecular formula is C14H20F3N. The van der Waals surface area contributed by atoms with Crippen LogP contribution in [0.4, 0.5) is 13.2 Å². The normalized spacial score (nSPS) is 15.4. The SMILES string of the molecule is CCCC(NC)C(C)c1ccccc1C(F)(F)F. The van der Waals surface area contributed by atoms with E-state index in [9.17, 15) is 13.2 Å².